The first kappa shape index (κ1) is 61.0. The van der Waals surface area contributed by atoms with Gasteiger partial charge in [-0.05, 0) is 38.5 Å². The van der Waals surface area contributed by atoms with Crippen LogP contribution in [0.25, 0.3) is 0 Å². The molecule has 2 aromatic carbocycles. The van der Waals surface area contributed by atoms with Crippen LogP contribution in [0.5, 0.6) is 34.5 Å². The van der Waals surface area contributed by atoms with Gasteiger partial charge in [0.1, 0.15) is 54.3 Å². The lowest BCUT2D eigenvalue weighted by Crippen LogP contribution is -2.12. The number of hydrogen-bond acceptors (Lipinski definition) is 25. The summed E-state index contributed by atoms with van der Waals surface area (Å²) in [4.78, 5) is 0. The maximum Gasteiger partial charge on any atom is 0.126 e. The van der Waals surface area contributed by atoms with Crippen molar-refractivity contribution in [1.82, 2.24) is 0 Å². The minimum Gasteiger partial charge on any atom is -0.748 e. The second-order valence-corrected chi connectivity index (χ2v) is 20.2. The summed E-state index contributed by atoms with van der Waals surface area (Å²) in [5.74, 6) is 0.936. The van der Waals surface area contributed by atoms with E-state index >= 15 is 0 Å². The minimum absolute atomic E-state index is 0.0216. The highest BCUT2D eigenvalue weighted by atomic mass is 32.2. The van der Waals surface area contributed by atoms with Crippen molar-refractivity contribution in [3.05, 3.63) is 36.4 Å². The van der Waals surface area contributed by atoms with Crippen LogP contribution < -0.4 is 33.7 Å². The zero-order valence-electron chi connectivity index (χ0n) is 36.3. The molecule has 0 aromatic heterocycles. The molecule has 2 aromatic rings. The lowest BCUT2D eigenvalue weighted by molar-refractivity contribution is -0.777. The Morgan fingerprint density at radius 2 is 0.667 bits per heavy atom. The van der Waals surface area contributed by atoms with Crippen molar-refractivity contribution in [3.63, 3.8) is 0 Å². The maximum absolute atomic E-state index is 10.6. The summed E-state index contributed by atoms with van der Waals surface area (Å²) in [7, 11) is -17.1. The second-order valence-electron chi connectivity index (χ2n) is 13.3. The van der Waals surface area contributed by atoms with E-state index in [1.165, 1.54) is 6.07 Å². The van der Waals surface area contributed by atoms with Crippen LogP contribution >= 0.6 is 12.0 Å². The maximum atomic E-state index is 10.6. The van der Waals surface area contributed by atoms with Gasteiger partial charge >= 0.3 is 0 Å². The van der Waals surface area contributed by atoms with Gasteiger partial charge in [-0.25, -0.2) is 33.7 Å². The Labute approximate surface area is 390 Å². The summed E-state index contributed by atoms with van der Waals surface area (Å²) in [6, 6.07) is 9.63. The van der Waals surface area contributed by atoms with Crippen molar-refractivity contribution in [2.75, 3.05) is 108 Å². The monoisotopic (exact) mass is 1050 g/mol. The normalized spacial score (nSPS) is 12.0. The minimum atomic E-state index is -4.29. The van der Waals surface area contributed by atoms with Crippen molar-refractivity contribution >= 4 is 52.5 Å². The Bertz CT molecular complexity index is 1910. The second kappa shape index (κ2) is 35.2. The summed E-state index contributed by atoms with van der Waals surface area (Å²) < 4.78 is 181. The molecule has 384 valence electrons. The largest absolute Gasteiger partial charge is 0.748 e. The van der Waals surface area contributed by atoms with E-state index < -0.39 is 63.5 Å². The molecule has 0 heterocycles. The molecule has 0 fully saturated rings. The number of hydrogen-bond donors (Lipinski definition) is 0. The van der Waals surface area contributed by atoms with Gasteiger partial charge in [-0.3, -0.25) is 5.04 Å². The smallest absolute Gasteiger partial charge is 0.126 e. The van der Waals surface area contributed by atoms with Crippen molar-refractivity contribution in [3.8, 4) is 34.5 Å². The highest BCUT2D eigenvalue weighted by Gasteiger charge is 2.09. The van der Waals surface area contributed by atoms with Crippen molar-refractivity contribution < 1.29 is 109 Å². The molecule has 0 radical (unpaired) electrons. The molecule has 24 nitrogen and oxygen atoms in total. The lowest BCUT2D eigenvalue weighted by Gasteiger charge is -2.14. The highest BCUT2D eigenvalue weighted by Crippen LogP contribution is 2.29. The lowest BCUT2D eigenvalue weighted by atomic mass is 10.3. The van der Waals surface area contributed by atoms with Gasteiger partial charge in [-0.1, -0.05) is 13.3 Å². The van der Waals surface area contributed by atoms with Crippen LogP contribution in [0.1, 0.15) is 51.9 Å². The van der Waals surface area contributed by atoms with Gasteiger partial charge in [-0.15, -0.1) is 0 Å². The molecule has 29 heteroatoms. The van der Waals surface area contributed by atoms with Crippen molar-refractivity contribution in [1.29, 1.82) is 0 Å². The average Bonchev–Trinajstić information content (AvgIpc) is 3.21. The van der Waals surface area contributed by atoms with Gasteiger partial charge in [0.05, 0.1) is 80.1 Å². The third kappa shape index (κ3) is 39.0. The molecule has 0 unspecified atom stereocenters. The summed E-state index contributed by atoms with van der Waals surface area (Å²) in [5, 5.41) is 12.9. The Hall–Kier alpha value is -3.01. The van der Waals surface area contributed by atoms with E-state index in [2.05, 4.69) is 9.37 Å². The molecule has 0 amide bonds. The first-order valence-corrected chi connectivity index (χ1v) is 27.5. The van der Waals surface area contributed by atoms with Crippen LogP contribution in [0.3, 0.4) is 0 Å². The van der Waals surface area contributed by atoms with E-state index in [0.717, 1.165) is 24.9 Å². The van der Waals surface area contributed by atoms with E-state index in [0.29, 0.717) is 66.5 Å². The highest BCUT2D eigenvalue weighted by molar-refractivity contribution is 7.94. The molecular formula is C37H57O24S5-5. The first-order chi connectivity index (χ1) is 31.2. The Kier molecular flexibility index (Phi) is 32.5. The van der Waals surface area contributed by atoms with E-state index in [9.17, 15) is 57.1 Å². The van der Waals surface area contributed by atoms with Crippen LogP contribution in [0, 0.1) is 0 Å². The summed E-state index contributed by atoms with van der Waals surface area (Å²) in [6.07, 6.45) is 2.71. The summed E-state index contributed by atoms with van der Waals surface area (Å²) >= 11 is 0.877. The molecule has 0 N–H and O–H groups in total. The van der Waals surface area contributed by atoms with Crippen LogP contribution in [0.4, 0.5) is 0 Å². The standard InChI is InChI=1S/C21H36O15S3.C16H26O9S2/c22-35-36-37-13-1-4-29-7-10-32-19-16-20(33-11-8-30-5-2-14-38(23,24)25)18-21(17-19)34-12-9-31-6-3-15-39(26,27)28;1-2-3-6-23-14-11-15(24-7-4-9-26(17,18)19)13-16(12-14)25-8-5-10-27(20,21)22/h16-18,22H,1-15H2,(H,23,24,25)(H,26,27,28);11-13H,2-10H2,1H3,(H,17,18,19)(H,20,21,22)/p-5. The summed E-state index contributed by atoms with van der Waals surface area (Å²) in [5.41, 5.74) is 0. The Morgan fingerprint density at radius 1 is 0.394 bits per heavy atom. The van der Waals surface area contributed by atoms with Crippen LogP contribution in [0.2, 0.25) is 0 Å². The molecule has 2 rings (SSSR count). The van der Waals surface area contributed by atoms with Gasteiger partial charge in [0.25, 0.3) is 0 Å². The topological polar surface area (TPSA) is 353 Å². The number of rotatable bonds is 40. The molecule has 0 atom stereocenters. The Balaban J connectivity index is 0.000000705. The molecule has 0 aliphatic rings. The molecule has 0 bridgehead atoms. The molecule has 0 aliphatic heterocycles. The van der Waals surface area contributed by atoms with Gasteiger partial charge in [-0.2, -0.15) is 4.33 Å². The quantitative estimate of drug-likeness (QED) is 0.0300. The fourth-order valence-electron chi connectivity index (χ4n) is 4.69. The fraction of sp³-hybridized carbons (Fsp3) is 0.676. The van der Waals surface area contributed by atoms with Gasteiger partial charge < -0.3 is 66.1 Å². The SMILES string of the molecule is CCCCOc1cc(OCCCS(=O)(=O)[O-])cc(OCCCS(=O)(=O)[O-])c1.O=S(=O)([O-])CCCOCCOc1cc(OCCOCCCSOO[O-])cc(OCCOCCCS(=O)(=O)[O-])c1. The van der Waals surface area contributed by atoms with Gasteiger partial charge in [0.2, 0.25) is 0 Å². The van der Waals surface area contributed by atoms with E-state index in [4.69, 9.17) is 42.6 Å². The third-order valence-corrected chi connectivity index (χ3v) is 11.3. The third-order valence-electron chi connectivity index (χ3n) is 7.54. The van der Waals surface area contributed by atoms with E-state index in [1.807, 2.05) is 6.92 Å². The van der Waals surface area contributed by atoms with Crippen LogP contribution in [-0.4, -0.2) is 160 Å². The zero-order chi connectivity index (χ0) is 49.2. The average molecular weight is 1050 g/mol. The van der Waals surface area contributed by atoms with E-state index in [-0.39, 0.29) is 85.1 Å². The van der Waals surface area contributed by atoms with Crippen molar-refractivity contribution in [2.45, 2.75) is 51.9 Å². The van der Waals surface area contributed by atoms with Crippen LogP contribution in [-0.2, 0) is 64.1 Å². The molecule has 0 spiro atoms. The molecule has 0 aliphatic carbocycles. The van der Waals surface area contributed by atoms with Gasteiger partial charge in [0.15, 0.2) is 0 Å². The molecule has 66 heavy (non-hydrogen) atoms. The zero-order valence-corrected chi connectivity index (χ0v) is 40.4. The van der Waals surface area contributed by atoms with E-state index in [1.54, 1.807) is 30.3 Å². The van der Waals surface area contributed by atoms with Crippen molar-refractivity contribution in [2.24, 2.45) is 0 Å². The number of benzene rings is 2. The predicted molar refractivity (Wildman–Crippen MR) is 229 cm³/mol. The Morgan fingerprint density at radius 3 is 0.955 bits per heavy atom. The first-order valence-electron chi connectivity index (χ1n) is 20.3. The molecule has 0 saturated heterocycles. The van der Waals surface area contributed by atoms with Crippen LogP contribution in [0.15, 0.2) is 36.4 Å². The van der Waals surface area contributed by atoms with Gasteiger partial charge in [0, 0.05) is 97.0 Å². The molecule has 0 saturated carbocycles. The fourth-order valence-corrected chi connectivity index (χ4v) is 6.92. The number of unbranched alkanes of at least 4 members (excludes halogenated alkanes) is 1. The molecular weight excluding hydrogens is 989 g/mol. The number of ether oxygens (including phenoxy) is 9. The predicted octanol–water partition coefficient (Wildman–Crippen LogP) is 1.50. The summed E-state index contributed by atoms with van der Waals surface area (Å²) in [6.45, 7) is 4.30.